The number of hydrogen-bond acceptors (Lipinski definition) is 5. The number of phenolic OH excluding ortho intramolecular Hbond substituents is 2. The Balaban J connectivity index is 1.27. The monoisotopic (exact) mass is 382 g/mol. The number of hydrogen-bond donors (Lipinski definition) is 4. The Hall–Kier alpha value is -3.09. The lowest BCUT2D eigenvalue weighted by Gasteiger charge is -2.25. The summed E-state index contributed by atoms with van der Waals surface area (Å²) >= 11 is 0. The van der Waals surface area contributed by atoms with Crippen molar-refractivity contribution in [3.63, 3.8) is 0 Å². The lowest BCUT2D eigenvalue weighted by molar-refractivity contribution is 0.172. The molecule has 0 radical (unpaired) electrons. The molecule has 2 heterocycles. The molecule has 2 amide bonds. The zero-order valence-corrected chi connectivity index (χ0v) is 15.7. The molecular weight excluding hydrogens is 356 g/mol. The molecule has 2 aliphatic rings. The van der Waals surface area contributed by atoms with E-state index < -0.39 is 0 Å². The number of carbonyl (C=O) groups excluding carboxylic acids is 1. The average Bonchev–Trinajstić information content (AvgIpc) is 3.35. The van der Waals surface area contributed by atoms with E-state index in [0.717, 1.165) is 37.3 Å². The van der Waals surface area contributed by atoms with Gasteiger partial charge in [-0.2, -0.15) is 0 Å². The van der Waals surface area contributed by atoms with Crippen LogP contribution in [0.25, 0.3) is 0 Å². The summed E-state index contributed by atoms with van der Waals surface area (Å²) < 4.78 is 0. The number of likely N-dealkylation sites (tertiary alicyclic amines) is 2. The van der Waals surface area contributed by atoms with Crippen molar-refractivity contribution < 1.29 is 15.0 Å². The summed E-state index contributed by atoms with van der Waals surface area (Å²) in [7, 11) is 0. The molecular formula is C21H26N4O3. The first kappa shape index (κ1) is 18.3. The van der Waals surface area contributed by atoms with Crippen LogP contribution < -0.4 is 10.6 Å². The van der Waals surface area contributed by atoms with Crippen LogP contribution in [0.5, 0.6) is 11.5 Å². The van der Waals surface area contributed by atoms with Gasteiger partial charge in [0.05, 0.1) is 0 Å². The minimum Gasteiger partial charge on any atom is -0.508 e. The van der Waals surface area contributed by atoms with Gasteiger partial charge in [-0.25, -0.2) is 4.79 Å². The Kier molecular flexibility index (Phi) is 5.14. The van der Waals surface area contributed by atoms with E-state index in [1.54, 1.807) is 24.3 Å². The minimum absolute atomic E-state index is 0.102. The van der Waals surface area contributed by atoms with Crippen LogP contribution in [0.4, 0.5) is 16.2 Å². The Bertz CT molecular complexity index is 742. The maximum atomic E-state index is 12.9. The molecule has 0 bridgehead atoms. The smallest absolute Gasteiger partial charge is 0.320 e. The molecule has 2 unspecified atom stereocenters. The van der Waals surface area contributed by atoms with E-state index in [2.05, 4.69) is 10.6 Å². The first-order valence-electron chi connectivity index (χ1n) is 9.72. The summed E-state index contributed by atoms with van der Waals surface area (Å²) in [5.74, 6) is 0.497. The highest BCUT2D eigenvalue weighted by atomic mass is 16.3. The highest BCUT2D eigenvalue weighted by Crippen LogP contribution is 2.22. The summed E-state index contributed by atoms with van der Waals surface area (Å²) in [6, 6.07) is 14.6. The van der Waals surface area contributed by atoms with Crippen LogP contribution >= 0.6 is 0 Å². The number of phenols is 2. The number of urea groups is 1. The van der Waals surface area contributed by atoms with Crippen molar-refractivity contribution in [2.45, 2.75) is 24.9 Å². The fourth-order valence-electron chi connectivity index (χ4n) is 3.89. The van der Waals surface area contributed by atoms with Gasteiger partial charge in [0.15, 0.2) is 0 Å². The van der Waals surface area contributed by atoms with Gasteiger partial charge in [0.1, 0.15) is 11.5 Å². The lowest BCUT2D eigenvalue weighted by Crippen LogP contribution is -2.42. The Labute approximate surface area is 164 Å². The Morgan fingerprint density at radius 3 is 1.54 bits per heavy atom. The molecule has 2 aliphatic heterocycles. The van der Waals surface area contributed by atoms with Gasteiger partial charge in [0.25, 0.3) is 0 Å². The topological polar surface area (TPSA) is 88.1 Å². The molecule has 0 spiro atoms. The van der Waals surface area contributed by atoms with Gasteiger partial charge in [-0.1, -0.05) is 0 Å². The molecule has 7 heteroatoms. The van der Waals surface area contributed by atoms with Crippen LogP contribution in [0.3, 0.4) is 0 Å². The number of nitrogens with one attached hydrogen (secondary N) is 2. The highest BCUT2D eigenvalue weighted by Gasteiger charge is 2.33. The van der Waals surface area contributed by atoms with E-state index in [-0.39, 0.29) is 29.6 Å². The molecule has 2 aromatic rings. The third kappa shape index (κ3) is 4.24. The summed E-state index contributed by atoms with van der Waals surface area (Å²) in [5.41, 5.74) is 1.91. The predicted molar refractivity (Wildman–Crippen MR) is 109 cm³/mol. The van der Waals surface area contributed by atoms with Crippen molar-refractivity contribution in [2.75, 3.05) is 36.8 Å². The van der Waals surface area contributed by atoms with Crippen molar-refractivity contribution >= 4 is 17.4 Å². The number of aromatic hydroxyl groups is 2. The van der Waals surface area contributed by atoms with E-state index in [1.165, 1.54) is 0 Å². The fourth-order valence-corrected chi connectivity index (χ4v) is 3.89. The molecule has 7 nitrogen and oxygen atoms in total. The van der Waals surface area contributed by atoms with Crippen molar-refractivity contribution in [1.82, 2.24) is 9.80 Å². The molecule has 4 N–H and O–H groups in total. The Morgan fingerprint density at radius 1 is 0.750 bits per heavy atom. The maximum absolute atomic E-state index is 12.9. The number of carbonyl (C=O) groups is 1. The SMILES string of the molecule is O=C(N1CCC(Nc2ccc(O)cc2)C1)N1CCC(Nc2ccc(O)cc2)C1. The van der Waals surface area contributed by atoms with Crippen LogP contribution in [0.15, 0.2) is 48.5 Å². The van der Waals surface area contributed by atoms with E-state index in [1.807, 2.05) is 34.1 Å². The Morgan fingerprint density at radius 2 is 1.14 bits per heavy atom. The van der Waals surface area contributed by atoms with Crippen LogP contribution in [0.2, 0.25) is 0 Å². The fraction of sp³-hybridized carbons (Fsp3) is 0.381. The van der Waals surface area contributed by atoms with Gasteiger partial charge in [0, 0.05) is 49.6 Å². The number of rotatable bonds is 4. The average molecular weight is 382 g/mol. The van der Waals surface area contributed by atoms with Crippen LogP contribution in [-0.4, -0.2) is 64.3 Å². The van der Waals surface area contributed by atoms with Crippen molar-refractivity contribution in [3.05, 3.63) is 48.5 Å². The van der Waals surface area contributed by atoms with E-state index in [0.29, 0.717) is 13.1 Å². The van der Waals surface area contributed by atoms with Crippen LogP contribution in [0, 0.1) is 0 Å². The van der Waals surface area contributed by atoms with Crippen molar-refractivity contribution in [3.8, 4) is 11.5 Å². The molecule has 0 aliphatic carbocycles. The first-order chi connectivity index (χ1) is 13.6. The minimum atomic E-state index is 0.102. The highest BCUT2D eigenvalue weighted by molar-refractivity contribution is 5.75. The summed E-state index contributed by atoms with van der Waals surface area (Å²) in [6.07, 6.45) is 1.82. The second kappa shape index (κ2) is 7.88. The van der Waals surface area contributed by atoms with Gasteiger partial charge in [-0.3, -0.25) is 0 Å². The molecule has 2 saturated heterocycles. The van der Waals surface area contributed by atoms with E-state index >= 15 is 0 Å². The second-order valence-electron chi connectivity index (χ2n) is 7.53. The third-order valence-electron chi connectivity index (χ3n) is 5.39. The number of benzene rings is 2. The number of anilines is 2. The molecule has 2 fully saturated rings. The standard InChI is InChI=1S/C21H26N4O3/c26-19-5-1-15(2-6-19)22-17-9-11-24(13-17)21(28)25-12-10-18(14-25)23-16-3-7-20(27)8-4-16/h1-8,17-18,22-23,26-27H,9-14H2. The van der Waals surface area contributed by atoms with E-state index in [9.17, 15) is 15.0 Å². The van der Waals surface area contributed by atoms with Gasteiger partial charge in [-0.05, 0) is 61.4 Å². The zero-order valence-electron chi connectivity index (χ0n) is 15.7. The van der Waals surface area contributed by atoms with Gasteiger partial charge >= 0.3 is 6.03 Å². The summed E-state index contributed by atoms with van der Waals surface area (Å²) in [5, 5.41) is 25.6. The molecule has 2 atom stereocenters. The van der Waals surface area contributed by atoms with E-state index in [4.69, 9.17) is 0 Å². The molecule has 4 rings (SSSR count). The zero-order chi connectivity index (χ0) is 19.5. The predicted octanol–water partition coefficient (Wildman–Crippen LogP) is 2.89. The molecule has 2 aromatic carbocycles. The maximum Gasteiger partial charge on any atom is 0.320 e. The molecule has 0 aromatic heterocycles. The van der Waals surface area contributed by atoms with Crippen molar-refractivity contribution in [1.29, 1.82) is 0 Å². The molecule has 0 saturated carbocycles. The van der Waals surface area contributed by atoms with Crippen LogP contribution in [0.1, 0.15) is 12.8 Å². The number of amides is 2. The number of nitrogens with zero attached hydrogens (tertiary/aromatic N) is 2. The van der Waals surface area contributed by atoms with Crippen molar-refractivity contribution in [2.24, 2.45) is 0 Å². The third-order valence-corrected chi connectivity index (χ3v) is 5.39. The van der Waals surface area contributed by atoms with Gasteiger partial charge in [-0.15, -0.1) is 0 Å². The van der Waals surface area contributed by atoms with Gasteiger partial charge < -0.3 is 30.6 Å². The summed E-state index contributed by atoms with van der Waals surface area (Å²) in [6.45, 7) is 2.88. The van der Waals surface area contributed by atoms with Gasteiger partial charge in [0.2, 0.25) is 0 Å². The molecule has 28 heavy (non-hydrogen) atoms. The first-order valence-corrected chi connectivity index (χ1v) is 9.72. The molecule has 148 valence electrons. The lowest BCUT2D eigenvalue weighted by atomic mass is 10.2. The summed E-state index contributed by atoms with van der Waals surface area (Å²) in [4.78, 5) is 16.7. The normalized spacial score (nSPS) is 21.7. The van der Waals surface area contributed by atoms with Crippen LogP contribution in [-0.2, 0) is 0 Å². The second-order valence-corrected chi connectivity index (χ2v) is 7.53. The largest absolute Gasteiger partial charge is 0.508 e. The quantitative estimate of drug-likeness (QED) is 0.611.